The first-order chi connectivity index (χ1) is 12.3. The van der Waals surface area contributed by atoms with Crippen LogP contribution in [0, 0.1) is 11.6 Å². The third kappa shape index (κ3) is 3.43. The molecule has 3 rings (SSSR count). The number of sulfone groups is 1. The fourth-order valence-corrected chi connectivity index (χ4v) is 4.02. The molecule has 0 unspecified atom stereocenters. The van der Waals surface area contributed by atoms with Gasteiger partial charge in [0.05, 0.1) is 12.0 Å². The first kappa shape index (κ1) is 18.4. The molecule has 26 heavy (non-hydrogen) atoms. The van der Waals surface area contributed by atoms with E-state index in [4.69, 9.17) is 16.3 Å². The van der Waals surface area contributed by atoms with E-state index in [9.17, 15) is 17.2 Å². The van der Waals surface area contributed by atoms with Crippen molar-refractivity contribution in [2.45, 2.75) is 9.79 Å². The van der Waals surface area contributed by atoms with Crippen molar-refractivity contribution in [1.82, 2.24) is 0 Å². The molecule has 0 heterocycles. The van der Waals surface area contributed by atoms with Crippen molar-refractivity contribution in [3.05, 3.63) is 77.3 Å². The molecule has 0 aliphatic heterocycles. The van der Waals surface area contributed by atoms with Gasteiger partial charge in [0, 0.05) is 10.6 Å². The Kier molecular flexibility index (Phi) is 4.98. The average molecular weight is 395 g/mol. The summed E-state index contributed by atoms with van der Waals surface area (Å²) in [6.45, 7) is 0. The lowest BCUT2D eigenvalue weighted by molar-refractivity contribution is 0.416. The van der Waals surface area contributed by atoms with Crippen LogP contribution in [0.2, 0.25) is 5.02 Å². The maximum absolute atomic E-state index is 14.6. The van der Waals surface area contributed by atoms with Crippen LogP contribution in [0.5, 0.6) is 5.75 Å². The molecule has 3 aromatic carbocycles. The Morgan fingerprint density at radius 2 is 1.62 bits per heavy atom. The van der Waals surface area contributed by atoms with Gasteiger partial charge in [0.15, 0.2) is 0 Å². The smallest absolute Gasteiger partial charge is 0.209 e. The Bertz CT molecular complexity index is 1060. The third-order valence-electron chi connectivity index (χ3n) is 3.82. The minimum Gasteiger partial charge on any atom is -0.496 e. The van der Waals surface area contributed by atoms with Gasteiger partial charge in [-0.05, 0) is 60.2 Å². The molecule has 3 aromatic rings. The highest BCUT2D eigenvalue weighted by Crippen LogP contribution is 2.34. The number of hydrogen-bond donors (Lipinski definition) is 0. The molecule has 0 aliphatic rings. The molecule has 0 aromatic heterocycles. The summed E-state index contributed by atoms with van der Waals surface area (Å²) in [6.07, 6.45) is 0. The maximum atomic E-state index is 14.6. The lowest BCUT2D eigenvalue weighted by atomic mass is 10.0. The molecule has 0 amide bonds. The molecule has 0 fully saturated rings. The number of halogens is 3. The quantitative estimate of drug-likeness (QED) is 0.576. The molecule has 0 N–H and O–H groups in total. The second kappa shape index (κ2) is 7.05. The zero-order valence-corrected chi connectivity index (χ0v) is 15.1. The predicted molar refractivity (Wildman–Crippen MR) is 95.2 cm³/mol. The summed E-state index contributed by atoms with van der Waals surface area (Å²) in [6, 6.07) is 12.8. The normalized spacial score (nSPS) is 11.4. The van der Waals surface area contributed by atoms with Gasteiger partial charge in [-0.1, -0.05) is 17.7 Å². The second-order valence-corrected chi connectivity index (χ2v) is 7.80. The van der Waals surface area contributed by atoms with Crippen molar-refractivity contribution in [2.24, 2.45) is 0 Å². The molecule has 134 valence electrons. The fraction of sp³-hybridized carbons (Fsp3) is 0.0526. The number of rotatable bonds is 4. The molecule has 0 radical (unpaired) electrons. The summed E-state index contributed by atoms with van der Waals surface area (Å²) in [5, 5.41) is 0.434. The van der Waals surface area contributed by atoms with Crippen molar-refractivity contribution in [3.8, 4) is 16.9 Å². The summed E-state index contributed by atoms with van der Waals surface area (Å²) in [4.78, 5) is -0.681. The van der Waals surface area contributed by atoms with E-state index in [1.807, 2.05) is 0 Å². The topological polar surface area (TPSA) is 43.4 Å². The molecule has 0 saturated heterocycles. The highest BCUT2D eigenvalue weighted by molar-refractivity contribution is 7.91. The minimum atomic E-state index is -4.11. The van der Waals surface area contributed by atoms with E-state index in [1.54, 1.807) is 18.2 Å². The monoisotopic (exact) mass is 394 g/mol. The molecule has 0 saturated carbocycles. The largest absolute Gasteiger partial charge is 0.496 e. The number of benzene rings is 3. The van der Waals surface area contributed by atoms with E-state index in [2.05, 4.69) is 0 Å². The number of ether oxygens (including phenoxy) is 1. The van der Waals surface area contributed by atoms with E-state index in [1.165, 1.54) is 19.2 Å². The molecular formula is C19H13ClF2O3S. The van der Waals surface area contributed by atoms with E-state index in [0.29, 0.717) is 21.9 Å². The summed E-state index contributed by atoms with van der Waals surface area (Å²) in [7, 11) is -2.64. The Balaban J connectivity index is 2.09. The van der Waals surface area contributed by atoms with E-state index in [-0.39, 0.29) is 4.90 Å². The Morgan fingerprint density at radius 1 is 0.923 bits per heavy atom. The van der Waals surface area contributed by atoms with E-state index in [0.717, 1.165) is 30.3 Å². The lowest BCUT2D eigenvalue weighted by Crippen LogP contribution is -2.05. The molecule has 0 aliphatic carbocycles. The van der Waals surface area contributed by atoms with Crippen LogP contribution < -0.4 is 4.74 Å². The van der Waals surface area contributed by atoms with Crippen LogP contribution in [0.25, 0.3) is 11.1 Å². The Labute approximate surface area is 154 Å². The average Bonchev–Trinajstić information content (AvgIpc) is 2.61. The Morgan fingerprint density at radius 3 is 2.23 bits per heavy atom. The molecule has 3 nitrogen and oxygen atoms in total. The predicted octanol–water partition coefficient (Wildman–Crippen LogP) is 5.13. The second-order valence-electron chi connectivity index (χ2n) is 5.45. The molecule has 0 bridgehead atoms. The van der Waals surface area contributed by atoms with Gasteiger partial charge >= 0.3 is 0 Å². The minimum absolute atomic E-state index is 0.189. The van der Waals surface area contributed by atoms with Crippen LogP contribution in [-0.4, -0.2) is 15.5 Å². The number of methoxy groups -OCH3 is 1. The summed E-state index contributed by atoms with van der Waals surface area (Å²) >= 11 is 5.98. The summed E-state index contributed by atoms with van der Waals surface area (Å²) in [5.41, 5.74) is 0.949. The van der Waals surface area contributed by atoms with Gasteiger partial charge < -0.3 is 4.74 Å². The van der Waals surface area contributed by atoms with Crippen LogP contribution in [0.3, 0.4) is 0 Å². The number of hydrogen-bond acceptors (Lipinski definition) is 3. The molecular weight excluding hydrogens is 382 g/mol. The fourth-order valence-electron chi connectivity index (χ4n) is 2.53. The zero-order valence-electron chi connectivity index (χ0n) is 13.5. The van der Waals surface area contributed by atoms with Crippen LogP contribution >= 0.6 is 11.6 Å². The summed E-state index contributed by atoms with van der Waals surface area (Å²) < 4.78 is 58.0. The van der Waals surface area contributed by atoms with Crippen molar-refractivity contribution < 1.29 is 21.9 Å². The first-order valence-electron chi connectivity index (χ1n) is 7.47. The highest BCUT2D eigenvalue weighted by Gasteiger charge is 2.22. The van der Waals surface area contributed by atoms with E-state index < -0.39 is 26.4 Å². The van der Waals surface area contributed by atoms with Crippen molar-refractivity contribution in [1.29, 1.82) is 0 Å². The van der Waals surface area contributed by atoms with Gasteiger partial charge in [-0.25, -0.2) is 17.2 Å². The molecule has 0 atom stereocenters. The van der Waals surface area contributed by atoms with Gasteiger partial charge in [0.2, 0.25) is 9.84 Å². The summed E-state index contributed by atoms with van der Waals surface area (Å²) in [5.74, 6) is -1.02. The van der Waals surface area contributed by atoms with Gasteiger partial charge in [-0.15, -0.1) is 0 Å². The first-order valence-corrected chi connectivity index (χ1v) is 9.33. The van der Waals surface area contributed by atoms with Crippen LogP contribution in [0.4, 0.5) is 8.78 Å². The maximum Gasteiger partial charge on any atom is 0.209 e. The standard InChI is InChI=1S/C19H13ClF2O3S/c1-25-18-8-3-13(20)11-16(18)12-2-9-19(17(22)10-12)26(23,24)15-6-4-14(21)5-7-15/h2-11H,1H3. The van der Waals surface area contributed by atoms with E-state index >= 15 is 0 Å². The van der Waals surface area contributed by atoms with Crippen molar-refractivity contribution in [3.63, 3.8) is 0 Å². The SMILES string of the molecule is COc1ccc(Cl)cc1-c1ccc(S(=O)(=O)c2ccc(F)cc2)c(F)c1. The lowest BCUT2D eigenvalue weighted by Gasteiger charge is -2.11. The van der Waals surface area contributed by atoms with Gasteiger partial charge in [-0.3, -0.25) is 0 Å². The van der Waals surface area contributed by atoms with Gasteiger partial charge in [0.1, 0.15) is 22.3 Å². The molecule has 7 heteroatoms. The van der Waals surface area contributed by atoms with Gasteiger partial charge in [-0.2, -0.15) is 0 Å². The van der Waals surface area contributed by atoms with Crippen LogP contribution in [0.15, 0.2) is 70.5 Å². The third-order valence-corrected chi connectivity index (χ3v) is 5.86. The van der Waals surface area contributed by atoms with Crippen molar-refractivity contribution in [2.75, 3.05) is 7.11 Å². The van der Waals surface area contributed by atoms with Gasteiger partial charge in [0.25, 0.3) is 0 Å². The Hall–Kier alpha value is -2.44. The zero-order chi connectivity index (χ0) is 18.9. The molecule has 0 spiro atoms. The van der Waals surface area contributed by atoms with Crippen LogP contribution in [0.1, 0.15) is 0 Å². The van der Waals surface area contributed by atoms with Crippen LogP contribution in [-0.2, 0) is 9.84 Å². The highest BCUT2D eigenvalue weighted by atomic mass is 35.5. The van der Waals surface area contributed by atoms with Crippen molar-refractivity contribution >= 4 is 21.4 Å².